The van der Waals surface area contributed by atoms with Crippen molar-refractivity contribution in [2.24, 2.45) is 11.7 Å². The van der Waals surface area contributed by atoms with Gasteiger partial charge in [-0.05, 0) is 51.1 Å². The quantitative estimate of drug-likeness (QED) is 0.853. The van der Waals surface area contributed by atoms with Gasteiger partial charge in [0.05, 0.1) is 0 Å². The van der Waals surface area contributed by atoms with Crippen LogP contribution in [0.5, 0.6) is 0 Å². The largest absolute Gasteiger partial charge is 0.330 e. The molecule has 2 N–H and O–H groups in total. The molecule has 1 fully saturated rings. The molecule has 1 aromatic heterocycles. The Morgan fingerprint density at radius 3 is 2.10 bits per heavy atom. The van der Waals surface area contributed by atoms with E-state index in [-0.39, 0.29) is 0 Å². The SMILES string of the molecule is Cc1nc(C2CCCCCC2)nc(C)c1CC(C)CN. The fourth-order valence-electron chi connectivity index (χ4n) is 3.21. The van der Waals surface area contributed by atoms with E-state index >= 15 is 0 Å². The molecule has 0 aromatic carbocycles. The average Bonchev–Trinajstić information content (AvgIpc) is 2.71. The van der Waals surface area contributed by atoms with Crippen LogP contribution in [0, 0.1) is 19.8 Å². The number of nitrogens with zero attached hydrogens (tertiary/aromatic N) is 2. The summed E-state index contributed by atoms with van der Waals surface area (Å²) in [6.45, 7) is 7.18. The van der Waals surface area contributed by atoms with Crippen molar-refractivity contribution in [3.8, 4) is 0 Å². The second-order valence-electron chi connectivity index (χ2n) is 6.46. The Labute approximate surface area is 123 Å². The first kappa shape index (κ1) is 15.4. The van der Waals surface area contributed by atoms with Gasteiger partial charge in [0, 0.05) is 17.3 Å². The minimum atomic E-state index is 0.500. The summed E-state index contributed by atoms with van der Waals surface area (Å²) in [6, 6.07) is 0. The third-order valence-electron chi connectivity index (χ3n) is 4.61. The molecule has 0 aliphatic heterocycles. The first-order chi connectivity index (χ1) is 9.61. The van der Waals surface area contributed by atoms with Gasteiger partial charge >= 0.3 is 0 Å². The normalized spacial score (nSPS) is 18.8. The maximum absolute atomic E-state index is 5.74. The van der Waals surface area contributed by atoms with Gasteiger partial charge in [-0.15, -0.1) is 0 Å². The minimum absolute atomic E-state index is 0.500. The lowest BCUT2D eigenvalue weighted by Gasteiger charge is -2.18. The summed E-state index contributed by atoms with van der Waals surface area (Å²) in [5.74, 6) is 2.17. The molecule has 1 atom stereocenters. The highest BCUT2D eigenvalue weighted by atomic mass is 14.9. The second kappa shape index (κ2) is 7.16. The Bertz CT molecular complexity index is 411. The molecule has 0 saturated heterocycles. The van der Waals surface area contributed by atoms with E-state index in [0.29, 0.717) is 11.8 Å². The van der Waals surface area contributed by atoms with Gasteiger partial charge in [0.15, 0.2) is 0 Å². The summed E-state index contributed by atoms with van der Waals surface area (Å²) in [4.78, 5) is 9.67. The lowest BCUT2D eigenvalue weighted by Crippen LogP contribution is -2.16. The number of aryl methyl sites for hydroxylation is 2. The highest BCUT2D eigenvalue weighted by Gasteiger charge is 2.19. The molecule has 1 aromatic rings. The van der Waals surface area contributed by atoms with Gasteiger partial charge in [0.25, 0.3) is 0 Å². The molecule has 0 radical (unpaired) electrons. The van der Waals surface area contributed by atoms with Crippen LogP contribution in [0.15, 0.2) is 0 Å². The van der Waals surface area contributed by atoms with Gasteiger partial charge in [-0.3, -0.25) is 0 Å². The van der Waals surface area contributed by atoms with Crippen LogP contribution < -0.4 is 5.73 Å². The maximum Gasteiger partial charge on any atom is 0.131 e. The molecule has 1 aliphatic carbocycles. The monoisotopic (exact) mass is 275 g/mol. The van der Waals surface area contributed by atoms with Gasteiger partial charge in [0.2, 0.25) is 0 Å². The molecule has 0 amide bonds. The lowest BCUT2D eigenvalue weighted by atomic mass is 9.96. The van der Waals surface area contributed by atoms with Crippen LogP contribution in [0.2, 0.25) is 0 Å². The average molecular weight is 275 g/mol. The molecule has 1 aliphatic rings. The first-order valence-electron chi connectivity index (χ1n) is 8.16. The Balaban J connectivity index is 2.20. The van der Waals surface area contributed by atoms with E-state index in [0.717, 1.165) is 30.2 Å². The zero-order valence-electron chi connectivity index (χ0n) is 13.3. The third-order valence-corrected chi connectivity index (χ3v) is 4.61. The van der Waals surface area contributed by atoms with Crippen molar-refractivity contribution in [3.63, 3.8) is 0 Å². The van der Waals surface area contributed by atoms with E-state index in [4.69, 9.17) is 15.7 Å². The lowest BCUT2D eigenvalue weighted by molar-refractivity contribution is 0.548. The summed E-state index contributed by atoms with van der Waals surface area (Å²) in [6.07, 6.45) is 8.94. The molecule has 1 saturated carbocycles. The molecule has 3 heteroatoms. The number of hydrogen-bond acceptors (Lipinski definition) is 3. The molecule has 1 heterocycles. The van der Waals surface area contributed by atoms with Crippen molar-refractivity contribution in [2.75, 3.05) is 6.54 Å². The molecule has 3 nitrogen and oxygen atoms in total. The van der Waals surface area contributed by atoms with E-state index in [9.17, 15) is 0 Å². The summed E-state index contributed by atoms with van der Waals surface area (Å²) in [5, 5.41) is 0. The van der Waals surface area contributed by atoms with Crippen molar-refractivity contribution in [2.45, 2.75) is 71.6 Å². The van der Waals surface area contributed by atoms with Crippen LogP contribution >= 0.6 is 0 Å². The summed E-state index contributed by atoms with van der Waals surface area (Å²) in [5.41, 5.74) is 9.38. The zero-order chi connectivity index (χ0) is 14.5. The highest BCUT2D eigenvalue weighted by Crippen LogP contribution is 2.30. The second-order valence-corrected chi connectivity index (χ2v) is 6.46. The van der Waals surface area contributed by atoms with Crippen molar-refractivity contribution < 1.29 is 0 Å². The van der Waals surface area contributed by atoms with E-state index in [1.807, 2.05) is 0 Å². The molecule has 0 spiro atoms. The van der Waals surface area contributed by atoms with Crippen molar-refractivity contribution in [1.29, 1.82) is 0 Å². The maximum atomic E-state index is 5.74. The van der Waals surface area contributed by atoms with Crippen molar-refractivity contribution in [3.05, 3.63) is 22.8 Å². The summed E-state index contributed by atoms with van der Waals surface area (Å²) < 4.78 is 0. The van der Waals surface area contributed by atoms with Crippen LogP contribution in [0.4, 0.5) is 0 Å². The fourth-order valence-corrected chi connectivity index (χ4v) is 3.21. The smallest absolute Gasteiger partial charge is 0.131 e. The molecule has 0 bridgehead atoms. The molecule has 2 rings (SSSR count). The third kappa shape index (κ3) is 3.78. The molecule has 112 valence electrons. The van der Waals surface area contributed by atoms with Gasteiger partial charge in [-0.2, -0.15) is 0 Å². The Morgan fingerprint density at radius 1 is 1.05 bits per heavy atom. The molecule has 20 heavy (non-hydrogen) atoms. The Kier molecular flexibility index (Phi) is 5.53. The number of hydrogen-bond donors (Lipinski definition) is 1. The van der Waals surface area contributed by atoms with Gasteiger partial charge in [-0.25, -0.2) is 9.97 Å². The molecular weight excluding hydrogens is 246 g/mol. The Morgan fingerprint density at radius 2 is 1.60 bits per heavy atom. The highest BCUT2D eigenvalue weighted by molar-refractivity contribution is 5.25. The van der Waals surface area contributed by atoms with Crippen LogP contribution in [0.3, 0.4) is 0 Å². The van der Waals surface area contributed by atoms with E-state index in [1.165, 1.54) is 44.1 Å². The predicted octanol–water partition coefficient (Wildman–Crippen LogP) is 3.67. The molecule has 1 unspecified atom stereocenters. The van der Waals surface area contributed by atoms with Crippen LogP contribution in [0.25, 0.3) is 0 Å². The summed E-state index contributed by atoms with van der Waals surface area (Å²) in [7, 11) is 0. The van der Waals surface area contributed by atoms with Gasteiger partial charge < -0.3 is 5.73 Å². The summed E-state index contributed by atoms with van der Waals surface area (Å²) >= 11 is 0. The number of aromatic nitrogens is 2. The van der Waals surface area contributed by atoms with Crippen molar-refractivity contribution >= 4 is 0 Å². The number of nitrogens with two attached hydrogens (primary N) is 1. The van der Waals surface area contributed by atoms with Crippen LogP contribution in [-0.2, 0) is 6.42 Å². The van der Waals surface area contributed by atoms with E-state index in [1.54, 1.807) is 0 Å². The van der Waals surface area contributed by atoms with Gasteiger partial charge in [-0.1, -0.05) is 32.6 Å². The minimum Gasteiger partial charge on any atom is -0.330 e. The fraction of sp³-hybridized carbons (Fsp3) is 0.765. The van der Waals surface area contributed by atoms with Crippen LogP contribution in [-0.4, -0.2) is 16.5 Å². The van der Waals surface area contributed by atoms with Gasteiger partial charge in [0.1, 0.15) is 5.82 Å². The first-order valence-corrected chi connectivity index (χ1v) is 8.16. The Hall–Kier alpha value is -0.960. The predicted molar refractivity (Wildman–Crippen MR) is 83.9 cm³/mol. The zero-order valence-corrected chi connectivity index (χ0v) is 13.3. The number of rotatable bonds is 4. The van der Waals surface area contributed by atoms with E-state index < -0.39 is 0 Å². The molecular formula is C17H29N3. The topological polar surface area (TPSA) is 51.8 Å². The van der Waals surface area contributed by atoms with Crippen LogP contribution in [0.1, 0.15) is 74.1 Å². The van der Waals surface area contributed by atoms with Crippen molar-refractivity contribution in [1.82, 2.24) is 9.97 Å². The van der Waals surface area contributed by atoms with E-state index in [2.05, 4.69) is 20.8 Å². The standard InChI is InChI=1S/C17H29N3/c1-12(11-18)10-16-13(2)19-17(20-14(16)3)15-8-6-4-5-7-9-15/h12,15H,4-11,18H2,1-3H3.